The summed E-state index contributed by atoms with van der Waals surface area (Å²) in [5.41, 5.74) is -1.05. The summed E-state index contributed by atoms with van der Waals surface area (Å²) in [5, 5.41) is 8.04. The molecule has 7 heteroatoms. The van der Waals surface area contributed by atoms with E-state index in [9.17, 15) is 26.7 Å². The van der Waals surface area contributed by atoms with Crippen LogP contribution < -0.4 is 0 Å². The van der Waals surface area contributed by atoms with Gasteiger partial charge in [0.1, 0.15) is 0 Å². The van der Waals surface area contributed by atoms with Gasteiger partial charge in [0, 0.05) is 11.6 Å². The third-order valence-electron chi connectivity index (χ3n) is 1.11. The summed E-state index contributed by atoms with van der Waals surface area (Å²) in [5.74, 6) is -6.92. The van der Waals surface area contributed by atoms with Gasteiger partial charge in [-0.1, -0.05) is 0 Å². The Hall–Kier alpha value is -1.14. The smallest absolute Gasteiger partial charge is 0.457 e. The van der Waals surface area contributed by atoms with Crippen molar-refractivity contribution in [2.45, 2.75) is 19.0 Å². The monoisotopic (exact) mass is 204 g/mol. The number of carboxylic acid groups (broad SMARTS) is 1. The van der Waals surface area contributed by atoms with Crippen molar-refractivity contribution in [1.82, 2.24) is 0 Å². The molecule has 1 N–H and O–H groups in total. The fourth-order valence-corrected chi connectivity index (χ4v) is 0.415. The lowest BCUT2D eigenvalue weighted by Crippen LogP contribution is -2.34. The summed E-state index contributed by atoms with van der Waals surface area (Å²) in [4.78, 5) is 9.93. The molecule has 0 fully saturated rings. The molecule has 0 heterocycles. The molecule has 0 rings (SSSR count). The number of alkyl halides is 5. The average molecular weight is 204 g/mol. The van der Waals surface area contributed by atoms with Crippen LogP contribution in [0.5, 0.6) is 0 Å². The number of aliphatic carboxylic acids is 1. The largest absolute Gasteiger partial charge is 0.478 e. The second-order valence-corrected chi connectivity index (χ2v) is 2.25. The molecule has 0 atom stereocenters. The van der Waals surface area contributed by atoms with E-state index in [1.54, 1.807) is 0 Å². The van der Waals surface area contributed by atoms with Crippen molar-refractivity contribution in [3.63, 3.8) is 0 Å². The SMILES string of the molecule is CC(=CC(F)(F)C(F)(F)F)C(=O)O. The third kappa shape index (κ3) is 3.00. The summed E-state index contributed by atoms with van der Waals surface area (Å²) in [7, 11) is 0. The van der Waals surface area contributed by atoms with Crippen molar-refractivity contribution in [3.05, 3.63) is 11.6 Å². The van der Waals surface area contributed by atoms with Gasteiger partial charge in [0.25, 0.3) is 0 Å². The molecule has 0 saturated heterocycles. The molecule has 0 aromatic rings. The lowest BCUT2D eigenvalue weighted by atomic mass is 10.2. The number of carboxylic acids is 1. The lowest BCUT2D eigenvalue weighted by Gasteiger charge is -2.15. The van der Waals surface area contributed by atoms with Gasteiger partial charge in [-0.05, 0) is 6.92 Å². The molecule has 0 bridgehead atoms. The van der Waals surface area contributed by atoms with E-state index in [0.29, 0.717) is 6.92 Å². The zero-order valence-corrected chi connectivity index (χ0v) is 6.32. The fourth-order valence-electron chi connectivity index (χ4n) is 0.415. The van der Waals surface area contributed by atoms with Crippen LogP contribution in [0.3, 0.4) is 0 Å². The summed E-state index contributed by atoms with van der Waals surface area (Å²) >= 11 is 0. The molecular formula is C6H5F5O2. The van der Waals surface area contributed by atoms with Gasteiger partial charge >= 0.3 is 18.1 Å². The zero-order valence-electron chi connectivity index (χ0n) is 6.32. The number of allylic oxidation sites excluding steroid dienone is 1. The molecule has 0 saturated carbocycles. The quantitative estimate of drug-likeness (QED) is 0.553. The molecule has 2 nitrogen and oxygen atoms in total. The molecule has 13 heavy (non-hydrogen) atoms. The van der Waals surface area contributed by atoms with Crippen LogP contribution in [0.25, 0.3) is 0 Å². The van der Waals surface area contributed by atoms with Crippen LogP contribution in [0, 0.1) is 0 Å². The average Bonchev–Trinajstić information content (AvgIpc) is 1.83. The van der Waals surface area contributed by atoms with E-state index in [1.165, 1.54) is 0 Å². The molecular weight excluding hydrogens is 199 g/mol. The van der Waals surface area contributed by atoms with Gasteiger partial charge in [-0.3, -0.25) is 0 Å². The Bertz CT molecular complexity index is 240. The van der Waals surface area contributed by atoms with E-state index >= 15 is 0 Å². The van der Waals surface area contributed by atoms with Crippen molar-refractivity contribution in [2.24, 2.45) is 0 Å². The number of hydrogen-bond donors (Lipinski definition) is 1. The molecule has 76 valence electrons. The van der Waals surface area contributed by atoms with Gasteiger partial charge in [0.15, 0.2) is 0 Å². The van der Waals surface area contributed by atoms with Crippen LogP contribution >= 0.6 is 0 Å². The zero-order chi connectivity index (χ0) is 10.9. The summed E-state index contributed by atoms with van der Waals surface area (Å²) in [6.45, 7) is 0.655. The Morgan fingerprint density at radius 2 is 1.62 bits per heavy atom. The number of rotatable bonds is 2. The molecule has 0 aromatic heterocycles. The first-order valence-electron chi connectivity index (χ1n) is 2.95. The van der Waals surface area contributed by atoms with E-state index < -0.39 is 29.7 Å². The minimum absolute atomic E-state index is 0.630. The van der Waals surface area contributed by atoms with Crippen LogP contribution in [0.2, 0.25) is 0 Å². The minimum atomic E-state index is -5.76. The van der Waals surface area contributed by atoms with Crippen molar-refractivity contribution in [1.29, 1.82) is 0 Å². The minimum Gasteiger partial charge on any atom is -0.478 e. The van der Waals surface area contributed by atoms with Gasteiger partial charge in [0.05, 0.1) is 0 Å². The number of hydrogen-bond acceptors (Lipinski definition) is 1. The molecule has 0 unspecified atom stereocenters. The molecule has 0 amide bonds. The van der Waals surface area contributed by atoms with E-state index in [2.05, 4.69) is 0 Å². The molecule has 0 aromatic carbocycles. The molecule has 0 aliphatic rings. The highest BCUT2D eigenvalue weighted by atomic mass is 19.4. The summed E-state index contributed by atoms with van der Waals surface area (Å²) < 4.78 is 58.6. The Morgan fingerprint density at radius 3 is 1.85 bits per heavy atom. The number of carbonyl (C=O) groups is 1. The molecule has 0 spiro atoms. The predicted octanol–water partition coefficient (Wildman–Crippen LogP) is 2.21. The van der Waals surface area contributed by atoms with Gasteiger partial charge in [-0.2, -0.15) is 22.0 Å². The van der Waals surface area contributed by atoms with Gasteiger partial charge in [-0.15, -0.1) is 0 Å². The molecule has 0 aliphatic carbocycles. The summed E-state index contributed by atoms with van der Waals surface area (Å²) in [6.07, 6.45) is -6.39. The van der Waals surface area contributed by atoms with Crippen molar-refractivity contribution < 1.29 is 31.9 Å². The first-order chi connectivity index (χ1) is 5.58. The maximum atomic E-state index is 12.1. The first kappa shape index (κ1) is 11.9. The first-order valence-corrected chi connectivity index (χ1v) is 2.95. The number of halogens is 5. The Kier molecular flexibility index (Phi) is 3.02. The van der Waals surface area contributed by atoms with Gasteiger partial charge in [0.2, 0.25) is 0 Å². The second-order valence-electron chi connectivity index (χ2n) is 2.25. The van der Waals surface area contributed by atoms with Crippen LogP contribution in [0.15, 0.2) is 11.6 Å². The topological polar surface area (TPSA) is 37.3 Å². The highest BCUT2D eigenvalue weighted by Crippen LogP contribution is 2.37. The van der Waals surface area contributed by atoms with Crippen molar-refractivity contribution in [3.8, 4) is 0 Å². The van der Waals surface area contributed by atoms with Crippen LogP contribution in [-0.4, -0.2) is 23.2 Å². The second kappa shape index (κ2) is 3.31. The Balaban J connectivity index is 4.89. The maximum Gasteiger partial charge on any atom is 0.457 e. The van der Waals surface area contributed by atoms with E-state index in [0.717, 1.165) is 0 Å². The van der Waals surface area contributed by atoms with Crippen molar-refractivity contribution >= 4 is 5.97 Å². The highest BCUT2D eigenvalue weighted by molar-refractivity contribution is 5.85. The van der Waals surface area contributed by atoms with Crippen LogP contribution in [0.4, 0.5) is 22.0 Å². The Morgan fingerprint density at radius 1 is 1.23 bits per heavy atom. The lowest BCUT2D eigenvalue weighted by molar-refractivity contribution is -0.259. The predicted molar refractivity (Wildman–Crippen MR) is 32.4 cm³/mol. The Labute approximate surface area is 69.7 Å². The maximum absolute atomic E-state index is 12.1. The molecule has 0 aliphatic heterocycles. The van der Waals surface area contributed by atoms with Gasteiger partial charge in [-0.25, -0.2) is 4.79 Å². The fraction of sp³-hybridized carbons (Fsp3) is 0.500. The highest BCUT2D eigenvalue weighted by Gasteiger charge is 2.56. The summed E-state index contributed by atoms with van der Waals surface area (Å²) in [6, 6.07) is 0. The van der Waals surface area contributed by atoms with E-state index in [1.807, 2.05) is 0 Å². The van der Waals surface area contributed by atoms with Crippen LogP contribution in [-0.2, 0) is 4.79 Å². The normalized spacial score (nSPS) is 14.5. The molecule has 0 radical (unpaired) electrons. The standard InChI is InChI=1S/C6H5F5O2/c1-3(4(12)13)2-5(7,8)6(9,10)11/h2H,1H3,(H,12,13). The van der Waals surface area contributed by atoms with Crippen LogP contribution in [0.1, 0.15) is 6.92 Å². The van der Waals surface area contributed by atoms with E-state index in [-0.39, 0.29) is 0 Å². The van der Waals surface area contributed by atoms with Crippen molar-refractivity contribution in [2.75, 3.05) is 0 Å². The van der Waals surface area contributed by atoms with E-state index in [4.69, 9.17) is 5.11 Å². The third-order valence-corrected chi connectivity index (χ3v) is 1.11. The van der Waals surface area contributed by atoms with Gasteiger partial charge < -0.3 is 5.11 Å².